The number of carbonyl (C=O) groups is 4. The van der Waals surface area contributed by atoms with Crippen molar-refractivity contribution >= 4 is 35.6 Å². The lowest BCUT2D eigenvalue weighted by atomic mass is 9.74. The van der Waals surface area contributed by atoms with Crippen LogP contribution in [0.4, 0.5) is 4.79 Å². The maximum atomic E-state index is 13.8. The lowest BCUT2D eigenvalue weighted by Gasteiger charge is -2.35. The van der Waals surface area contributed by atoms with Gasteiger partial charge in [0.05, 0.1) is 5.37 Å². The molecule has 208 valence electrons. The second-order valence-electron chi connectivity index (χ2n) is 11.7. The molecule has 2 fully saturated rings. The summed E-state index contributed by atoms with van der Waals surface area (Å²) in [5, 5.41) is 2.69. The van der Waals surface area contributed by atoms with E-state index in [0.717, 1.165) is 25.7 Å². The minimum Gasteiger partial charge on any atom is -0.444 e. The first-order valence-corrected chi connectivity index (χ1v) is 14.5. The van der Waals surface area contributed by atoms with Crippen LogP contribution in [0, 0.1) is 11.8 Å². The lowest BCUT2D eigenvalue weighted by molar-refractivity contribution is -0.142. The molecule has 10 heteroatoms. The molecule has 4 rings (SSSR count). The van der Waals surface area contributed by atoms with Crippen molar-refractivity contribution in [3.63, 3.8) is 0 Å². The normalized spacial score (nSPS) is 28.0. The number of fused-ring (bicyclic) bond motifs is 2. The highest BCUT2D eigenvalue weighted by atomic mass is 32.2. The second-order valence-corrected chi connectivity index (χ2v) is 13.0. The molecule has 0 aromatic heterocycles. The van der Waals surface area contributed by atoms with Gasteiger partial charge < -0.3 is 20.7 Å². The maximum Gasteiger partial charge on any atom is 0.410 e. The molecule has 2 aliphatic heterocycles. The van der Waals surface area contributed by atoms with Crippen LogP contribution in [0.2, 0.25) is 0 Å². The van der Waals surface area contributed by atoms with E-state index in [9.17, 15) is 19.2 Å². The van der Waals surface area contributed by atoms with Crippen LogP contribution in [0.25, 0.3) is 0 Å². The van der Waals surface area contributed by atoms with Crippen LogP contribution in [0.5, 0.6) is 0 Å². The predicted molar refractivity (Wildman–Crippen MR) is 146 cm³/mol. The van der Waals surface area contributed by atoms with Crippen LogP contribution < -0.4 is 11.1 Å². The van der Waals surface area contributed by atoms with Crippen molar-refractivity contribution < 1.29 is 23.9 Å². The van der Waals surface area contributed by atoms with Gasteiger partial charge in [0, 0.05) is 7.05 Å². The van der Waals surface area contributed by atoms with Crippen molar-refractivity contribution in [2.75, 3.05) is 12.8 Å². The van der Waals surface area contributed by atoms with Crippen molar-refractivity contribution in [3.05, 3.63) is 35.4 Å². The van der Waals surface area contributed by atoms with E-state index in [4.69, 9.17) is 10.5 Å². The van der Waals surface area contributed by atoms with E-state index in [1.54, 1.807) is 44.4 Å². The summed E-state index contributed by atoms with van der Waals surface area (Å²) in [5.41, 5.74) is 7.91. The number of carbonyl (C=O) groups excluding carboxylic acids is 4. The molecule has 0 saturated carbocycles. The van der Waals surface area contributed by atoms with Crippen LogP contribution >= 0.6 is 11.8 Å². The van der Waals surface area contributed by atoms with Crippen molar-refractivity contribution in [2.24, 2.45) is 17.6 Å². The fraction of sp³-hybridized carbons (Fsp3) is 0.643. The number of nitrogens with one attached hydrogen (secondary N) is 1. The highest BCUT2D eigenvalue weighted by Gasteiger charge is 2.52. The topological polar surface area (TPSA) is 122 Å². The average Bonchev–Trinajstić information content (AvgIpc) is 3.18. The molecule has 4 amide bonds. The highest BCUT2D eigenvalue weighted by Crippen LogP contribution is 2.45. The van der Waals surface area contributed by atoms with Crippen molar-refractivity contribution in [2.45, 2.75) is 88.9 Å². The van der Waals surface area contributed by atoms with Gasteiger partial charge in [-0.2, -0.15) is 0 Å². The number of rotatable bonds is 5. The first-order valence-electron chi connectivity index (χ1n) is 13.4. The molecule has 6 atom stereocenters. The standard InChI is InChI=1S/C28H40N4O5S/c1-16(31(5)27(36)37-28(2,3)4)25(34)30-21-12-13-38-22-15-20(23(24(29)33)32(22)26(21)35)19-11-10-17-8-6-7-9-18(17)14-19/h6-9,16,19-23H,10-15H2,1-5H3,(H2,29,33)(H,30,34)/t16-,19?,20?,21+,22?,23-/m1/s1. The van der Waals surface area contributed by atoms with Crippen LogP contribution in [0.15, 0.2) is 24.3 Å². The number of nitrogens with zero attached hydrogens (tertiary/aromatic N) is 2. The quantitative estimate of drug-likeness (QED) is 0.588. The number of nitrogens with two attached hydrogens (primary N) is 1. The molecule has 1 aromatic carbocycles. The third-order valence-corrected chi connectivity index (χ3v) is 9.27. The molecule has 0 radical (unpaired) electrons. The predicted octanol–water partition coefficient (Wildman–Crippen LogP) is 2.70. The van der Waals surface area contributed by atoms with Crippen LogP contribution in [-0.4, -0.2) is 75.5 Å². The minimum absolute atomic E-state index is 0.0195. The van der Waals surface area contributed by atoms with Gasteiger partial charge in [0.2, 0.25) is 17.7 Å². The van der Waals surface area contributed by atoms with Crippen LogP contribution in [-0.2, 0) is 32.0 Å². The molecule has 2 heterocycles. The third kappa shape index (κ3) is 5.95. The second kappa shape index (κ2) is 11.2. The van der Waals surface area contributed by atoms with E-state index in [0.29, 0.717) is 12.2 Å². The molecule has 9 nitrogen and oxygen atoms in total. The molecule has 3 N–H and O–H groups in total. The Kier molecular flexibility index (Phi) is 8.30. The van der Waals surface area contributed by atoms with Crippen LogP contribution in [0.3, 0.4) is 0 Å². The summed E-state index contributed by atoms with van der Waals surface area (Å²) < 4.78 is 5.37. The molecule has 38 heavy (non-hydrogen) atoms. The third-order valence-electron chi connectivity index (χ3n) is 8.00. The molecule has 1 aliphatic carbocycles. The first kappa shape index (κ1) is 28.3. The molecule has 0 spiro atoms. The Labute approximate surface area is 229 Å². The van der Waals surface area contributed by atoms with Crippen molar-refractivity contribution in [1.29, 1.82) is 0 Å². The zero-order valence-corrected chi connectivity index (χ0v) is 23.8. The number of amides is 4. The van der Waals surface area contributed by atoms with Gasteiger partial charge in [-0.1, -0.05) is 24.3 Å². The van der Waals surface area contributed by atoms with Gasteiger partial charge in [0.25, 0.3) is 0 Å². The summed E-state index contributed by atoms with van der Waals surface area (Å²) >= 11 is 1.65. The summed E-state index contributed by atoms with van der Waals surface area (Å²) in [6.45, 7) is 6.86. The SMILES string of the molecule is C[C@H](C(=O)N[C@H]1CCSC2CC(C3CCc4ccccc4C3)[C@H](C(N)=O)N2C1=O)N(C)C(=O)OC(C)(C)C. The smallest absolute Gasteiger partial charge is 0.410 e. The summed E-state index contributed by atoms with van der Waals surface area (Å²) in [6, 6.07) is 6.08. The monoisotopic (exact) mass is 544 g/mol. The summed E-state index contributed by atoms with van der Waals surface area (Å²) in [5.74, 6) is -0.305. The first-order chi connectivity index (χ1) is 17.9. The van der Waals surface area contributed by atoms with Gasteiger partial charge in [-0.3, -0.25) is 19.3 Å². The van der Waals surface area contributed by atoms with Gasteiger partial charge >= 0.3 is 6.09 Å². The number of hydrogen-bond acceptors (Lipinski definition) is 6. The van der Waals surface area contributed by atoms with Crippen LogP contribution in [0.1, 0.15) is 58.1 Å². The Morgan fingerprint density at radius 1 is 1.18 bits per heavy atom. The molecule has 3 aliphatic rings. The minimum atomic E-state index is -0.843. The van der Waals surface area contributed by atoms with Crippen molar-refractivity contribution in [3.8, 4) is 0 Å². The van der Waals surface area contributed by atoms with E-state index in [1.165, 1.54) is 23.1 Å². The fourth-order valence-corrected chi connectivity index (χ4v) is 7.30. The Hall–Kier alpha value is -2.75. The van der Waals surface area contributed by atoms with E-state index >= 15 is 0 Å². The largest absolute Gasteiger partial charge is 0.444 e. The van der Waals surface area contributed by atoms with E-state index in [2.05, 4.69) is 23.5 Å². The zero-order chi connectivity index (χ0) is 27.8. The summed E-state index contributed by atoms with van der Waals surface area (Å²) in [6.07, 6.45) is 3.33. The van der Waals surface area contributed by atoms with Gasteiger partial charge in [-0.05, 0) is 88.5 Å². The highest BCUT2D eigenvalue weighted by molar-refractivity contribution is 7.99. The Morgan fingerprint density at radius 2 is 1.87 bits per heavy atom. The lowest BCUT2D eigenvalue weighted by Crippen LogP contribution is -2.57. The fourth-order valence-electron chi connectivity index (χ4n) is 5.90. The van der Waals surface area contributed by atoms with E-state index in [1.807, 2.05) is 6.07 Å². The maximum absolute atomic E-state index is 13.8. The molecule has 2 saturated heterocycles. The molecular weight excluding hydrogens is 504 g/mol. The Bertz CT molecular complexity index is 1090. The number of primary amides is 1. The number of ether oxygens (including phenoxy) is 1. The molecular formula is C28H40N4O5S. The number of benzene rings is 1. The number of likely N-dealkylation sites (N-methyl/N-ethyl adjacent to an activating group) is 1. The number of hydrogen-bond donors (Lipinski definition) is 2. The number of aryl methyl sites for hydroxylation is 1. The van der Waals surface area contributed by atoms with Crippen molar-refractivity contribution in [1.82, 2.24) is 15.1 Å². The van der Waals surface area contributed by atoms with Gasteiger partial charge in [0.1, 0.15) is 23.7 Å². The van der Waals surface area contributed by atoms with Gasteiger partial charge in [-0.25, -0.2) is 4.79 Å². The Balaban J connectivity index is 1.47. The summed E-state index contributed by atoms with van der Waals surface area (Å²) in [4.78, 5) is 55.0. The Morgan fingerprint density at radius 3 is 2.53 bits per heavy atom. The van der Waals surface area contributed by atoms with Gasteiger partial charge in [0.15, 0.2) is 0 Å². The number of thioether (sulfide) groups is 1. The van der Waals surface area contributed by atoms with E-state index in [-0.39, 0.29) is 23.1 Å². The zero-order valence-electron chi connectivity index (χ0n) is 22.9. The molecule has 1 aromatic rings. The van der Waals surface area contributed by atoms with Gasteiger partial charge in [-0.15, -0.1) is 11.8 Å². The molecule has 3 unspecified atom stereocenters. The molecule has 0 bridgehead atoms. The average molecular weight is 545 g/mol. The van der Waals surface area contributed by atoms with E-state index < -0.39 is 41.6 Å². The summed E-state index contributed by atoms with van der Waals surface area (Å²) in [7, 11) is 1.50.